The van der Waals surface area contributed by atoms with Crippen LogP contribution in [0.15, 0.2) is 23.2 Å². The third-order valence-electron chi connectivity index (χ3n) is 3.48. The van der Waals surface area contributed by atoms with E-state index in [-0.39, 0.29) is 4.90 Å². The Balaban J connectivity index is 1.88. The number of nitrogens with zero attached hydrogens (tertiary/aromatic N) is 2. The van der Waals surface area contributed by atoms with Crippen LogP contribution in [0, 0.1) is 0 Å². The van der Waals surface area contributed by atoms with E-state index < -0.39 is 10.0 Å². The molecule has 0 unspecified atom stereocenters. The summed E-state index contributed by atoms with van der Waals surface area (Å²) < 4.78 is 25.0. The van der Waals surface area contributed by atoms with Crippen LogP contribution in [0.1, 0.15) is 19.3 Å². The van der Waals surface area contributed by atoms with E-state index in [4.69, 9.17) is 0 Å². The molecule has 7 heteroatoms. The lowest BCUT2D eigenvalue weighted by atomic mass is 10.1. The van der Waals surface area contributed by atoms with Gasteiger partial charge in [-0.15, -0.1) is 0 Å². The van der Waals surface area contributed by atoms with Gasteiger partial charge in [-0.25, -0.2) is 17.7 Å². The first-order chi connectivity index (χ1) is 9.50. The van der Waals surface area contributed by atoms with E-state index in [0.29, 0.717) is 11.9 Å². The molecule has 6 nitrogen and oxygen atoms in total. The van der Waals surface area contributed by atoms with Crippen molar-refractivity contribution < 1.29 is 8.42 Å². The SMILES string of the molecule is CN(C)S(=O)(=O)c1ccc(NCC[C@H]2CCCN2)nc1. The summed E-state index contributed by atoms with van der Waals surface area (Å²) in [4.78, 5) is 4.37. The molecule has 0 radical (unpaired) electrons. The van der Waals surface area contributed by atoms with Crippen molar-refractivity contribution in [2.45, 2.75) is 30.2 Å². The molecule has 0 aromatic carbocycles. The zero-order valence-electron chi connectivity index (χ0n) is 12.0. The second-order valence-corrected chi connectivity index (χ2v) is 7.33. The van der Waals surface area contributed by atoms with Crippen LogP contribution in [0.25, 0.3) is 0 Å². The molecule has 2 heterocycles. The molecule has 112 valence electrons. The Labute approximate surface area is 120 Å². The monoisotopic (exact) mass is 298 g/mol. The Morgan fingerprint density at radius 3 is 2.80 bits per heavy atom. The smallest absolute Gasteiger partial charge is 0.244 e. The van der Waals surface area contributed by atoms with Crippen LogP contribution in [0.3, 0.4) is 0 Å². The lowest BCUT2D eigenvalue weighted by Crippen LogP contribution is -2.24. The maximum Gasteiger partial charge on any atom is 0.244 e. The maximum absolute atomic E-state index is 11.9. The van der Waals surface area contributed by atoms with E-state index in [9.17, 15) is 8.42 Å². The largest absolute Gasteiger partial charge is 0.370 e. The normalized spacial score (nSPS) is 19.4. The summed E-state index contributed by atoms with van der Waals surface area (Å²) in [6.45, 7) is 1.95. The molecule has 0 amide bonds. The van der Waals surface area contributed by atoms with E-state index in [1.165, 1.54) is 37.4 Å². The Kier molecular flexibility index (Phi) is 4.95. The molecule has 1 fully saturated rings. The molecule has 1 aromatic rings. The highest BCUT2D eigenvalue weighted by molar-refractivity contribution is 7.89. The minimum Gasteiger partial charge on any atom is -0.370 e. The number of hydrogen-bond donors (Lipinski definition) is 2. The molecule has 20 heavy (non-hydrogen) atoms. The highest BCUT2D eigenvalue weighted by atomic mass is 32.2. The summed E-state index contributed by atoms with van der Waals surface area (Å²) in [5, 5.41) is 6.66. The van der Waals surface area contributed by atoms with Gasteiger partial charge < -0.3 is 10.6 Å². The summed E-state index contributed by atoms with van der Waals surface area (Å²) in [6.07, 6.45) is 4.93. The number of nitrogens with one attached hydrogen (secondary N) is 2. The van der Waals surface area contributed by atoms with Crippen molar-refractivity contribution in [2.24, 2.45) is 0 Å². The van der Waals surface area contributed by atoms with Crippen LogP contribution in [-0.2, 0) is 10.0 Å². The topological polar surface area (TPSA) is 74.3 Å². The van der Waals surface area contributed by atoms with Crippen molar-refractivity contribution in [3.8, 4) is 0 Å². The molecule has 2 N–H and O–H groups in total. The van der Waals surface area contributed by atoms with Gasteiger partial charge in [0.15, 0.2) is 0 Å². The summed E-state index contributed by atoms with van der Waals surface area (Å²) >= 11 is 0. The van der Waals surface area contributed by atoms with Crippen molar-refractivity contribution in [2.75, 3.05) is 32.5 Å². The second-order valence-electron chi connectivity index (χ2n) is 5.18. The predicted molar refractivity (Wildman–Crippen MR) is 79.2 cm³/mol. The van der Waals surface area contributed by atoms with Gasteiger partial charge in [-0.05, 0) is 37.9 Å². The fourth-order valence-corrected chi connectivity index (χ4v) is 3.07. The van der Waals surface area contributed by atoms with Crippen LogP contribution in [0.2, 0.25) is 0 Å². The number of pyridine rings is 1. The van der Waals surface area contributed by atoms with Crippen LogP contribution < -0.4 is 10.6 Å². The van der Waals surface area contributed by atoms with Crippen LogP contribution in [0.5, 0.6) is 0 Å². The predicted octanol–water partition coefficient (Wildman–Crippen LogP) is 0.886. The van der Waals surface area contributed by atoms with Gasteiger partial charge >= 0.3 is 0 Å². The molecule has 0 saturated carbocycles. The van der Waals surface area contributed by atoms with E-state index >= 15 is 0 Å². The number of hydrogen-bond acceptors (Lipinski definition) is 5. The van der Waals surface area contributed by atoms with Gasteiger partial charge in [0.05, 0.1) is 0 Å². The minimum absolute atomic E-state index is 0.213. The fraction of sp³-hybridized carbons (Fsp3) is 0.615. The van der Waals surface area contributed by atoms with Crippen LogP contribution in [0.4, 0.5) is 5.82 Å². The maximum atomic E-state index is 11.9. The lowest BCUT2D eigenvalue weighted by molar-refractivity contribution is 0.520. The van der Waals surface area contributed by atoms with E-state index in [2.05, 4.69) is 15.6 Å². The second kappa shape index (κ2) is 6.51. The molecule has 0 aliphatic carbocycles. The van der Waals surface area contributed by atoms with Crippen molar-refractivity contribution >= 4 is 15.8 Å². The third-order valence-corrected chi connectivity index (χ3v) is 5.27. The Bertz CT molecular complexity index is 522. The van der Waals surface area contributed by atoms with E-state index in [1.54, 1.807) is 12.1 Å². The Morgan fingerprint density at radius 1 is 1.45 bits per heavy atom. The van der Waals surface area contributed by atoms with E-state index in [0.717, 1.165) is 19.5 Å². The van der Waals surface area contributed by atoms with Gasteiger partial charge in [0, 0.05) is 32.9 Å². The molecule has 1 atom stereocenters. The standard InChI is InChI=1S/C13H22N4O2S/c1-17(2)20(18,19)12-5-6-13(16-10-12)15-9-7-11-4-3-8-14-11/h5-6,10-11,14H,3-4,7-9H2,1-2H3,(H,15,16)/t11-/m1/s1. The minimum atomic E-state index is -3.39. The van der Waals surface area contributed by atoms with Crippen molar-refractivity contribution in [3.63, 3.8) is 0 Å². The van der Waals surface area contributed by atoms with Gasteiger partial charge in [0.2, 0.25) is 10.0 Å². The molecule has 1 aliphatic heterocycles. The molecule has 0 spiro atoms. The van der Waals surface area contributed by atoms with Gasteiger partial charge in [-0.2, -0.15) is 0 Å². The van der Waals surface area contributed by atoms with Crippen LogP contribution >= 0.6 is 0 Å². The molecular formula is C13H22N4O2S. The van der Waals surface area contributed by atoms with E-state index in [1.807, 2.05) is 0 Å². The highest BCUT2D eigenvalue weighted by Gasteiger charge is 2.17. The molecule has 1 aliphatic rings. The number of aromatic nitrogens is 1. The average Bonchev–Trinajstić information content (AvgIpc) is 2.92. The zero-order valence-corrected chi connectivity index (χ0v) is 12.8. The molecular weight excluding hydrogens is 276 g/mol. The quantitative estimate of drug-likeness (QED) is 0.816. The summed E-state index contributed by atoms with van der Waals surface area (Å²) in [5.74, 6) is 0.709. The average molecular weight is 298 g/mol. The van der Waals surface area contributed by atoms with Crippen LogP contribution in [-0.4, -0.2) is 50.9 Å². The lowest BCUT2D eigenvalue weighted by Gasteiger charge is -2.13. The van der Waals surface area contributed by atoms with Gasteiger partial charge in [-0.1, -0.05) is 0 Å². The fourth-order valence-electron chi connectivity index (χ4n) is 2.23. The first kappa shape index (κ1) is 15.2. The number of anilines is 1. The van der Waals surface area contributed by atoms with Crippen molar-refractivity contribution in [1.82, 2.24) is 14.6 Å². The molecule has 1 aromatic heterocycles. The third kappa shape index (κ3) is 3.68. The highest BCUT2D eigenvalue weighted by Crippen LogP contribution is 2.14. The zero-order chi connectivity index (χ0) is 14.6. The number of rotatable bonds is 6. The molecule has 0 bridgehead atoms. The van der Waals surface area contributed by atoms with Crippen molar-refractivity contribution in [3.05, 3.63) is 18.3 Å². The van der Waals surface area contributed by atoms with Gasteiger partial charge in [0.1, 0.15) is 10.7 Å². The van der Waals surface area contributed by atoms with Gasteiger partial charge in [-0.3, -0.25) is 0 Å². The Morgan fingerprint density at radius 2 is 2.25 bits per heavy atom. The first-order valence-corrected chi connectivity index (χ1v) is 8.30. The number of sulfonamides is 1. The first-order valence-electron chi connectivity index (χ1n) is 6.86. The van der Waals surface area contributed by atoms with Crippen molar-refractivity contribution in [1.29, 1.82) is 0 Å². The Hall–Kier alpha value is -1.18. The summed E-state index contributed by atoms with van der Waals surface area (Å²) in [7, 11) is -0.374. The molecule has 2 rings (SSSR count). The summed E-state index contributed by atoms with van der Waals surface area (Å²) in [5.41, 5.74) is 0. The summed E-state index contributed by atoms with van der Waals surface area (Å²) in [6, 6.07) is 3.88. The molecule has 1 saturated heterocycles. The van der Waals surface area contributed by atoms with Gasteiger partial charge in [0.25, 0.3) is 0 Å².